The van der Waals surface area contributed by atoms with E-state index in [0.29, 0.717) is 6.54 Å². The molecule has 0 heterocycles. The zero-order valence-corrected chi connectivity index (χ0v) is 5.61. The minimum absolute atomic E-state index is 0.408. The SMILES string of the molecule is CCNC(O)C(O)C(=O)O. The maximum absolute atomic E-state index is 9.97. The number of aliphatic carboxylic acids is 1. The molecule has 0 fully saturated rings. The van der Waals surface area contributed by atoms with E-state index in [1.807, 2.05) is 0 Å². The van der Waals surface area contributed by atoms with Crippen LogP contribution >= 0.6 is 0 Å². The lowest BCUT2D eigenvalue weighted by Gasteiger charge is -2.13. The van der Waals surface area contributed by atoms with Gasteiger partial charge in [-0.3, -0.25) is 5.32 Å². The van der Waals surface area contributed by atoms with Gasteiger partial charge in [0.25, 0.3) is 0 Å². The molecule has 4 N–H and O–H groups in total. The zero-order valence-electron chi connectivity index (χ0n) is 5.61. The molecule has 0 rings (SSSR count). The molecule has 0 radical (unpaired) electrons. The van der Waals surface area contributed by atoms with Crippen molar-refractivity contribution in [3.63, 3.8) is 0 Å². The first-order valence-electron chi connectivity index (χ1n) is 2.92. The van der Waals surface area contributed by atoms with Gasteiger partial charge in [-0.05, 0) is 6.54 Å². The summed E-state index contributed by atoms with van der Waals surface area (Å²) in [6.45, 7) is 2.10. The van der Waals surface area contributed by atoms with Gasteiger partial charge in [0.1, 0.15) is 6.23 Å². The third-order valence-corrected chi connectivity index (χ3v) is 0.965. The summed E-state index contributed by atoms with van der Waals surface area (Å²) >= 11 is 0. The van der Waals surface area contributed by atoms with Gasteiger partial charge in [0.2, 0.25) is 0 Å². The Morgan fingerprint density at radius 1 is 1.60 bits per heavy atom. The molecule has 5 heteroatoms. The Hall–Kier alpha value is -0.650. The monoisotopic (exact) mass is 149 g/mol. The van der Waals surface area contributed by atoms with E-state index in [0.717, 1.165) is 0 Å². The third-order valence-electron chi connectivity index (χ3n) is 0.965. The van der Waals surface area contributed by atoms with Crippen LogP contribution in [0.5, 0.6) is 0 Å². The van der Waals surface area contributed by atoms with Crippen molar-refractivity contribution in [3.8, 4) is 0 Å². The van der Waals surface area contributed by atoms with E-state index in [9.17, 15) is 4.79 Å². The number of carbonyl (C=O) groups is 1. The minimum atomic E-state index is -1.75. The molecule has 0 amide bonds. The fourth-order valence-corrected chi connectivity index (χ4v) is 0.456. The molecule has 10 heavy (non-hydrogen) atoms. The first kappa shape index (κ1) is 9.35. The van der Waals surface area contributed by atoms with Gasteiger partial charge < -0.3 is 15.3 Å². The predicted octanol–water partition coefficient (Wildman–Crippen LogP) is -1.64. The van der Waals surface area contributed by atoms with Crippen molar-refractivity contribution in [2.24, 2.45) is 0 Å². The number of aliphatic hydroxyl groups is 2. The summed E-state index contributed by atoms with van der Waals surface area (Å²) in [5.41, 5.74) is 0. The fourth-order valence-electron chi connectivity index (χ4n) is 0.456. The molecule has 5 nitrogen and oxygen atoms in total. The minimum Gasteiger partial charge on any atom is -0.479 e. The quantitative estimate of drug-likeness (QED) is 0.360. The molecule has 0 aromatic heterocycles. The molecule has 0 aliphatic heterocycles. The highest BCUT2D eigenvalue weighted by molar-refractivity contribution is 5.72. The Morgan fingerprint density at radius 2 is 2.10 bits per heavy atom. The smallest absolute Gasteiger partial charge is 0.336 e. The Labute approximate surface area is 58.3 Å². The van der Waals surface area contributed by atoms with Gasteiger partial charge in [0, 0.05) is 0 Å². The van der Waals surface area contributed by atoms with Crippen LogP contribution in [-0.4, -0.2) is 40.2 Å². The summed E-state index contributed by atoms with van der Waals surface area (Å²) in [4.78, 5) is 9.97. The molecule has 0 aliphatic rings. The zero-order chi connectivity index (χ0) is 8.15. The van der Waals surface area contributed by atoms with Crippen LogP contribution in [0.1, 0.15) is 6.92 Å². The second kappa shape index (κ2) is 4.21. The van der Waals surface area contributed by atoms with Gasteiger partial charge in [0.15, 0.2) is 6.10 Å². The molecule has 0 bridgehead atoms. The maximum Gasteiger partial charge on any atom is 0.336 e. The lowest BCUT2D eigenvalue weighted by molar-refractivity contribution is -0.154. The van der Waals surface area contributed by atoms with Crippen molar-refractivity contribution < 1.29 is 20.1 Å². The normalized spacial score (nSPS) is 16.3. The van der Waals surface area contributed by atoms with E-state index in [1.54, 1.807) is 6.92 Å². The highest BCUT2D eigenvalue weighted by Gasteiger charge is 2.21. The summed E-state index contributed by atoms with van der Waals surface area (Å²) in [5.74, 6) is -1.44. The average Bonchev–Trinajstić information content (AvgIpc) is 1.87. The number of carboxylic acid groups (broad SMARTS) is 1. The lowest BCUT2D eigenvalue weighted by Crippen LogP contribution is -2.43. The Bertz CT molecular complexity index is 116. The van der Waals surface area contributed by atoms with E-state index in [-0.39, 0.29) is 0 Å². The molecular weight excluding hydrogens is 138 g/mol. The summed E-state index contributed by atoms with van der Waals surface area (Å²) in [6, 6.07) is 0. The van der Waals surface area contributed by atoms with Crippen molar-refractivity contribution in [1.82, 2.24) is 5.32 Å². The molecule has 60 valence electrons. The average molecular weight is 149 g/mol. The highest BCUT2D eigenvalue weighted by Crippen LogP contribution is 1.88. The molecule has 0 aromatic rings. The number of rotatable bonds is 4. The van der Waals surface area contributed by atoms with Gasteiger partial charge in [-0.15, -0.1) is 0 Å². The van der Waals surface area contributed by atoms with Crippen LogP contribution in [0.4, 0.5) is 0 Å². The number of carboxylic acids is 1. The van der Waals surface area contributed by atoms with Crippen LogP contribution in [0.25, 0.3) is 0 Å². The van der Waals surface area contributed by atoms with E-state index < -0.39 is 18.3 Å². The molecule has 2 unspecified atom stereocenters. The molecular formula is C5H11NO4. The van der Waals surface area contributed by atoms with Crippen molar-refractivity contribution in [1.29, 1.82) is 0 Å². The number of nitrogens with one attached hydrogen (secondary N) is 1. The first-order chi connectivity index (χ1) is 4.59. The Kier molecular flexibility index (Phi) is 3.94. The van der Waals surface area contributed by atoms with Crippen LogP contribution < -0.4 is 5.32 Å². The summed E-state index contributed by atoms with van der Waals surface area (Å²) in [6.07, 6.45) is -3.14. The summed E-state index contributed by atoms with van der Waals surface area (Å²) in [5, 5.41) is 27.8. The molecule has 2 atom stereocenters. The second-order valence-corrected chi connectivity index (χ2v) is 1.79. The van der Waals surface area contributed by atoms with Gasteiger partial charge in [-0.2, -0.15) is 0 Å². The van der Waals surface area contributed by atoms with Crippen LogP contribution in [0.15, 0.2) is 0 Å². The van der Waals surface area contributed by atoms with Crippen LogP contribution in [-0.2, 0) is 4.79 Å². The van der Waals surface area contributed by atoms with Crippen molar-refractivity contribution in [3.05, 3.63) is 0 Å². The van der Waals surface area contributed by atoms with E-state index in [4.69, 9.17) is 15.3 Å². The number of likely N-dealkylation sites (N-methyl/N-ethyl adjacent to an activating group) is 1. The van der Waals surface area contributed by atoms with Crippen LogP contribution in [0, 0.1) is 0 Å². The summed E-state index contributed by atoms with van der Waals surface area (Å²) < 4.78 is 0. The number of aliphatic hydroxyl groups excluding tert-OH is 2. The number of hydrogen-bond donors (Lipinski definition) is 4. The van der Waals surface area contributed by atoms with Gasteiger partial charge in [-0.25, -0.2) is 4.79 Å². The predicted molar refractivity (Wildman–Crippen MR) is 33.3 cm³/mol. The van der Waals surface area contributed by atoms with Crippen molar-refractivity contribution in [2.75, 3.05) is 6.54 Å². The Morgan fingerprint density at radius 3 is 2.40 bits per heavy atom. The van der Waals surface area contributed by atoms with E-state index in [1.165, 1.54) is 0 Å². The third kappa shape index (κ3) is 2.77. The number of hydrogen-bond acceptors (Lipinski definition) is 4. The van der Waals surface area contributed by atoms with E-state index in [2.05, 4.69) is 5.32 Å². The van der Waals surface area contributed by atoms with Crippen molar-refractivity contribution in [2.45, 2.75) is 19.3 Å². The molecule has 0 aromatic carbocycles. The van der Waals surface area contributed by atoms with Crippen molar-refractivity contribution >= 4 is 5.97 Å². The van der Waals surface area contributed by atoms with Gasteiger partial charge in [0.05, 0.1) is 0 Å². The van der Waals surface area contributed by atoms with E-state index >= 15 is 0 Å². The van der Waals surface area contributed by atoms with Gasteiger partial charge in [-0.1, -0.05) is 6.92 Å². The maximum atomic E-state index is 9.97. The largest absolute Gasteiger partial charge is 0.479 e. The fraction of sp³-hybridized carbons (Fsp3) is 0.800. The van der Waals surface area contributed by atoms with Crippen LogP contribution in [0.3, 0.4) is 0 Å². The lowest BCUT2D eigenvalue weighted by atomic mass is 10.3. The first-order valence-corrected chi connectivity index (χ1v) is 2.92. The molecule has 0 aliphatic carbocycles. The molecule has 0 spiro atoms. The molecule has 0 saturated heterocycles. The summed E-state index contributed by atoms with van der Waals surface area (Å²) in [7, 11) is 0. The highest BCUT2D eigenvalue weighted by atomic mass is 16.4. The van der Waals surface area contributed by atoms with Crippen LogP contribution in [0.2, 0.25) is 0 Å². The van der Waals surface area contributed by atoms with Gasteiger partial charge >= 0.3 is 5.97 Å². The standard InChI is InChI=1S/C5H11NO4/c1-2-6-4(8)3(7)5(9)10/h3-4,6-8H,2H2,1H3,(H,9,10). The topological polar surface area (TPSA) is 89.8 Å². The molecule has 0 saturated carbocycles. The second-order valence-electron chi connectivity index (χ2n) is 1.79. The Balaban J connectivity index is 3.69.